The van der Waals surface area contributed by atoms with E-state index in [-0.39, 0.29) is 11.4 Å². The molecule has 5 heteroatoms. The summed E-state index contributed by atoms with van der Waals surface area (Å²) in [5.41, 5.74) is -0.379. The number of likely N-dealkylation sites (tertiary alicyclic amines) is 1. The fourth-order valence-electron chi connectivity index (χ4n) is 2.87. The van der Waals surface area contributed by atoms with Gasteiger partial charge in [0.15, 0.2) is 5.96 Å². The Morgan fingerprint density at radius 2 is 2.12 bits per heavy atom. The number of amides is 1. The molecule has 2 aliphatic heterocycles. The van der Waals surface area contributed by atoms with E-state index in [1.54, 1.807) is 0 Å². The van der Waals surface area contributed by atoms with Crippen molar-refractivity contribution in [2.45, 2.75) is 49.7 Å². The van der Waals surface area contributed by atoms with E-state index in [1.165, 1.54) is 25.7 Å². The van der Waals surface area contributed by atoms with Crippen LogP contribution in [0.2, 0.25) is 0 Å². The summed E-state index contributed by atoms with van der Waals surface area (Å²) in [6.07, 6.45) is 5.87. The molecular weight excluding hydrogens is 216 g/mol. The number of carbonyl (C=O) groups excluding carboxylic acids is 1. The number of carbonyl (C=O) groups is 1. The van der Waals surface area contributed by atoms with Crippen LogP contribution in [0.4, 0.5) is 0 Å². The van der Waals surface area contributed by atoms with E-state index in [1.807, 2.05) is 0 Å². The van der Waals surface area contributed by atoms with E-state index < -0.39 is 0 Å². The highest BCUT2D eigenvalue weighted by Crippen LogP contribution is 2.34. The molecule has 0 aromatic heterocycles. The van der Waals surface area contributed by atoms with E-state index in [2.05, 4.69) is 20.5 Å². The van der Waals surface area contributed by atoms with Crippen molar-refractivity contribution in [3.8, 4) is 0 Å². The first-order chi connectivity index (χ1) is 8.25. The Kier molecular flexibility index (Phi) is 1.87. The van der Waals surface area contributed by atoms with Gasteiger partial charge in [0.1, 0.15) is 5.54 Å². The third-order valence-electron chi connectivity index (χ3n) is 4.24. The Hall–Kier alpha value is -1.10. The van der Waals surface area contributed by atoms with E-state index >= 15 is 0 Å². The predicted octanol–water partition coefficient (Wildman–Crippen LogP) is -0.169. The van der Waals surface area contributed by atoms with Crippen molar-refractivity contribution < 1.29 is 4.79 Å². The molecule has 1 atom stereocenters. The lowest BCUT2D eigenvalue weighted by Crippen LogP contribution is -2.49. The molecule has 4 fully saturated rings. The number of nitrogens with one attached hydrogen (secondary N) is 2. The van der Waals surface area contributed by atoms with Crippen molar-refractivity contribution in [1.29, 1.82) is 0 Å². The van der Waals surface area contributed by atoms with Gasteiger partial charge in [-0.1, -0.05) is 0 Å². The average Bonchev–Trinajstić information content (AvgIpc) is 3.20. The zero-order chi connectivity index (χ0) is 11.5. The van der Waals surface area contributed by atoms with Gasteiger partial charge in [0.25, 0.3) is 5.91 Å². The van der Waals surface area contributed by atoms with Gasteiger partial charge in [-0.25, -0.2) is 4.99 Å². The molecule has 0 bridgehead atoms. The molecule has 1 spiro atoms. The fourth-order valence-corrected chi connectivity index (χ4v) is 2.87. The first-order valence-electron chi connectivity index (χ1n) is 6.67. The molecule has 0 aromatic carbocycles. The summed E-state index contributed by atoms with van der Waals surface area (Å²) >= 11 is 0. The molecule has 2 N–H and O–H groups in total. The lowest BCUT2D eigenvalue weighted by Gasteiger charge is -2.21. The molecule has 4 rings (SSSR count). The van der Waals surface area contributed by atoms with Gasteiger partial charge >= 0.3 is 0 Å². The second-order valence-corrected chi connectivity index (χ2v) is 5.82. The molecule has 2 saturated carbocycles. The molecule has 2 saturated heterocycles. The highest BCUT2D eigenvalue weighted by molar-refractivity contribution is 6.09. The lowest BCUT2D eigenvalue weighted by molar-refractivity contribution is -0.123. The summed E-state index contributed by atoms with van der Waals surface area (Å²) in [6.45, 7) is 1.90. The van der Waals surface area contributed by atoms with Gasteiger partial charge in [0.2, 0.25) is 0 Å². The van der Waals surface area contributed by atoms with Crippen LogP contribution in [0, 0.1) is 0 Å². The van der Waals surface area contributed by atoms with Gasteiger partial charge in [-0.15, -0.1) is 0 Å². The van der Waals surface area contributed by atoms with Gasteiger partial charge in [-0.05, 0) is 32.1 Å². The Morgan fingerprint density at radius 1 is 1.29 bits per heavy atom. The normalized spacial score (nSPS) is 40.0. The molecule has 5 nitrogen and oxygen atoms in total. The highest BCUT2D eigenvalue weighted by atomic mass is 16.2. The van der Waals surface area contributed by atoms with Gasteiger partial charge in [-0.2, -0.15) is 0 Å². The standard InChI is InChI=1S/C12H18N4O/c17-10-12(5-6-16(7-12)9-3-4-9)15-11(14-10)13-8-1-2-8/h8-9H,1-7H2,(H2,13,14,15,17). The van der Waals surface area contributed by atoms with E-state index in [9.17, 15) is 4.79 Å². The van der Waals surface area contributed by atoms with Gasteiger partial charge in [-0.3, -0.25) is 15.0 Å². The smallest absolute Gasteiger partial charge is 0.253 e. The minimum Gasteiger partial charge on any atom is -0.340 e. The number of nitrogens with zero attached hydrogens (tertiary/aromatic N) is 2. The fraction of sp³-hybridized carbons (Fsp3) is 0.833. The Bertz CT molecular complexity index is 399. The molecule has 2 aliphatic carbocycles. The summed E-state index contributed by atoms with van der Waals surface area (Å²) in [7, 11) is 0. The zero-order valence-electron chi connectivity index (χ0n) is 9.91. The molecule has 1 unspecified atom stereocenters. The van der Waals surface area contributed by atoms with Crippen LogP contribution >= 0.6 is 0 Å². The number of hydrogen-bond acceptors (Lipinski definition) is 3. The van der Waals surface area contributed by atoms with Gasteiger partial charge in [0, 0.05) is 19.1 Å². The summed E-state index contributed by atoms with van der Waals surface area (Å²) in [5, 5.41) is 6.26. The third kappa shape index (κ3) is 1.64. The molecule has 92 valence electrons. The first-order valence-corrected chi connectivity index (χ1v) is 6.67. The van der Waals surface area contributed by atoms with Crippen molar-refractivity contribution >= 4 is 11.9 Å². The summed E-state index contributed by atoms with van der Waals surface area (Å²) in [4.78, 5) is 19.1. The SMILES string of the molecule is O=C1NC(=NC2CC2)NC12CCN(C1CC1)C2. The van der Waals surface area contributed by atoms with Gasteiger partial charge < -0.3 is 5.32 Å². The first kappa shape index (κ1) is 9.88. The van der Waals surface area contributed by atoms with Crippen LogP contribution in [-0.4, -0.2) is 47.5 Å². The van der Waals surface area contributed by atoms with Crippen LogP contribution in [0.1, 0.15) is 32.1 Å². The second-order valence-electron chi connectivity index (χ2n) is 5.82. The zero-order valence-corrected chi connectivity index (χ0v) is 9.91. The quantitative estimate of drug-likeness (QED) is 0.697. The average molecular weight is 234 g/mol. The minimum atomic E-state index is -0.379. The van der Waals surface area contributed by atoms with Crippen LogP contribution in [0.3, 0.4) is 0 Å². The van der Waals surface area contributed by atoms with Crippen LogP contribution < -0.4 is 10.6 Å². The van der Waals surface area contributed by atoms with Crippen LogP contribution in [0.15, 0.2) is 4.99 Å². The maximum Gasteiger partial charge on any atom is 0.253 e. The number of guanidine groups is 1. The van der Waals surface area contributed by atoms with Crippen molar-refractivity contribution in [2.24, 2.45) is 4.99 Å². The van der Waals surface area contributed by atoms with Crippen LogP contribution in [-0.2, 0) is 4.79 Å². The molecule has 0 radical (unpaired) electrons. The van der Waals surface area contributed by atoms with Crippen LogP contribution in [0.5, 0.6) is 0 Å². The molecule has 17 heavy (non-hydrogen) atoms. The number of rotatable bonds is 2. The van der Waals surface area contributed by atoms with Crippen molar-refractivity contribution in [1.82, 2.24) is 15.5 Å². The monoisotopic (exact) mass is 234 g/mol. The molecule has 0 aromatic rings. The summed E-state index contributed by atoms with van der Waals surface area (Å²) in [6, 6.07) is 1.20. The second kappa shape index (κ2) is 3.22. The van der Waals surface area contributed by atoms with Crippen molar-refractivity contribution in [2.75, 3.05) is 13.1 Å². The molecular formula is C12H18N4O. The largest absolute Gasteiger partial charge is 0.340 e. The van der Waals surface area contributed by atoms with Crippen molar-refractivity contribution in [3.05, 3.63) is 0 Å². The van der Waals surface area contributed by atoms with E-state index in [0.717, 1.165) is 31.5 Å². The van der Waals surface area contributed by atoms with Gasteiger partial charge in [0.05, 0.1) is 6.04 Å². The number of hydrogen-bond donors (Lipinski definition) is 2. The highest BCUT2D eigenvalue weighted by Gasteiger charge is 2.52. The topological polar surface area (TPSA) is 56.7 Å². The summed E-state index contributed by atoms with van der Waals surface area (Å²) in [5.74, 6) is 0.843. The maximum atomic E-state index is 12.1. The number of aliphatic imine (C=N–C) groups is 1. The Balaban J connectivity index is 1.51. The maximum absolute atomic E-state index is 12.1. The predicted molar refractivity (Wildman–Crippen MR) is 63.7 cm³/mol. The van der Waals surface area contributed by atoms with Crippen LogP contribution in [0.25, 0.3) is 0 Å². The van der Waals surface area contributed by atoms with Crippen molar-refractivity contribution in [3.63, 3.8) is 0 Å². The molecule has 1 amide bonds. The van der Waals surface area contributed by atoms with E-state index in [0.29, 0.717) is 6.04 Å². The summed E-state index contributed by atoms with van der Waals surface area (Å²) < 4.78 is 0. The minimum absolute atomic E-state index is 0.125. The Labute approximate surface area is 101 Å². The third-order valence-corrected chi connectivity index (χ3v) is 4.24. The Morgan fingerprint density at radius 3 is 2.82 bits per heavy atom. The lowest BCUT2D eigenvalue weighted by atomic mass is 10.00. The van der Waals surface area contributed by atoms with E-state index in [4.69, 9.17) is 0 Å². The molecule has 2 heterocycles. The molecule has 4 aliphatic rings.